The van der Waals surface area contributed by atoms with Crippen LogP contribution in [0.3, 0.4) is 0 Å². The molecule has 0 aliphatic carbocycles. The maximum atomic E-state index is 13.4. The fourth-order valence-electron chi connectivity index (χ4n) is 2.73. The van der Waals surface area contributed by atoms with E-state index in [1.807, 2.05) is 0 Å². The van der Waals surface area contributed by atoms with Gasteiger partial charge in [-0.05, 0) is 23.8 Å². The third-order valence-electron chi connectivity index (χ3n) is 3.95. The van der Waals surface area contributed by atoms with Crippen molar-refractivity contribution in [2.24, 2.45) is 0 Å². The number of rotatable bonds is 4. The zero-order valence-corrected chi connectivity index (χ0v) is 14.1. The van der Waals surface area contributed by atoms with Crippen LogP contribution in [0.1, 0.15) is 16.1 Å². The molecule has 0 unspecified atom stereocenters. The molecule has 1 N–H and O–H groups in total. The van der Waals surface area contributed by atoms with Gasteiger partial charge in [0.1, 0.15) is 11.4 Å². The quantitative estimate of drug-likeness (QED) is 0.688. The van der Waals surface area contributed by atoms with E-state index in [4.69, 9.17) is 4.74 Å². The molecule has 0 saturated heterocycles. The lowest BCUT2D eigenvalue weighted by Gasteiger charge is -2.16. The molecule has 0 aliphatic rings. The van der Waals surface area contributed by atoms with Gasteiger partial charge in [0.25, 0.3) is 0 Å². The second kappa shape index (κ2) is 7.11. The molecule has 3 rings (SSSR count). The number of carboxylic acid groups (broad SMARTS) is 1. The predicted molar refractivity (Wildman–Crippen MR) is 93.6 cm³/mol. The number of carbonyl (C=O) groups is 1. The van der Waals surface area contributed by atoms with E-state index in [0.717, 1.165) is 6.07 Å². The lowest BCUT2D eigenvalue weighted by Crippen LogP contribution is -2.13. The number of pyridine rings is 1. The Balaban J connectivity index is 2.38. The summed E-state index contributed by atoms with van der Waals surface area (Å²) in [5.41, 5.74) is -1.22. The first-order chi connectivity index (χ1) is 12.8. The molecule has 7 heteroatoms. The minimum atomic E-state index is -4.73. The molecule has 0 spiro atoms. The molecule has 2 aromatic carbocycles. The Morgan fingerprint density at radius 2 is 1.67 bits per heavy atom. The summed E-state index contributed by atoms with van der Waals surface area (Å²) in [5.74, 6) is -0.969. The largest absolute Gasteiger partial charge is 0.497 e. The number of ether oxygens (including phenoxy) is 1. The number of hydrogen-bond acceptors (Lipinski definition) is 3. The molecular weight excluding hydrogens is 359 g/mol. The maximum Gasteiger partial charge on any atom is 0.433 e. The molecule has 0 atom stereocenters. The number of aromatic carboxylic acids is 1. The van der Waals surface area contributed by atoms with Crippen molar-refractivity contribution in [1.29, 1.82) is 0 Å². The molecule has 27 heavy (non-hydrogen) atoms. The fraction of sp³-hybridized carbons (Fsp3) is 0.100. The lowest BCUT2D eigenvalue weighted by molar-refractivity contribution is -0.141. The summed E-state index contributed by atoms with van der Waals surface area (Å²) < 4.78 is 45.4. The first kappa shape index (κ1) is 18.4. The average molecular weight is 373 g/mol. The van der Waals surface area contributed by atoms with Gasteiger partial charge in [-0.2, -0.15) is 13.2 Å². The van der Waals surface area contributed by atoms with E-state index in [1.54, 1.807) is 30.3 Å². The van der Waals surface area contributed by atoms with Crippen LogP contribution in [0.2, 0.25) is 0 Å². The fourth-order valence-corrected chi connectivity index (χ4v) is 2.73. The highest BCUT2D eigenvalue weighted by Gasteiger charge is 2.35. The van der Waals surface area contributed by atoms with Crippen LogP contribution in [-0.2, 0) is 6.18 Å². The number of carboxylic acids is 1. The van der Waals surface area contributed by atoms with Gasteiger partial charge in [-0.25, -0.2) is 9.78 Å². The van der Waals surface area contributed by atoms with Gasteiger partial charge < -0.3 is 9.84 Å². The predicted octanol–water partition coefficient (Wildman–Crippen LogP) is 5.14. The smallest absolute Gasteiger partial charge is 0.433 e. The molecule has 0 bridgehead atoms. The summed E-state index contributed by atoms with van der Waals surface area (Å²) in [5, 5.41) is 9.74. The molecular formula is C20H14F3NO3. The molecule has 0 saturated carbocycles. The topological polar surface area (TPSA) is 59.4 Å². The molecule has 0 fully saturated rings. The van der Waals surface area contributed by atoms with Crippen molar-refractivity contribution < 1.29 is 27.8 Å². The van der Waals surface area contributed by atoms with Crippen LogP contribution < -0.4 is 4.74 Å². The zero-order valence-electron chi connectivity index (χ0n) is 14.1. The van der Waals surface area contributed by atoms with Crippen molar-refractivity contribution in [2.45, 2.75) is 6.18 Å². The summed E-state index contributed by atoms with van der Waals surface area (Å²) >= 11 is 0. The molecule has 4 nitrogen and oxygen atoms in total. The van der Waals surface area contributed by atoms with E-state index in [-0.39, 0.29) is 27.9 Å². The Kier molecular flexibility index (Phi) is 4.85. The molecule has 138 valence electrons. The van der Waals surface area contributed by atoms with E-state index in [1.165, 1.54) is 31.4 Å². The Morgan fingerprint density at radius 1 is 1.00 bits per heavy atom. The number of halogens is 3. The van der Waals surface area contributed by atoms with Crippen LogP contribution in [-0.4, -0.2) is 23.2 Å². The van der Waals surface area contributed by atoms with Crippen LogP contribution >= 0.6 is 0 Å². The summed E-state index contributed by atoms with van der Waals surface area (Å²) in [7, 11) is 1.42. The Hall–Kier alpha value is -3.35. The van der Waals surface area contributed by atoms with E-state index in [2.05, 4.69) is 4.98 Å². The van der Waals surface area contributed by atoms with Crippen molar-refractivity contribution in [1.82, 2.24) is 4.98 Å². The van der Waals surface area contributed by atoms with E-state index < -0.39 is 17.8 Å². The average Bonchev–Trinajstić information content (AvgIpc) is 2.66. The van der Waals surface area contributed by atoms with Gasteiger partial charge in [0.15, 0.2) is 0 Å². The number of methoxy groups -OCH3 is 1. The highest BCUT2D eigenvalue weighted by Crippen LogP contribution is 2.38. The highest BCUT2D eigenvalue weighted by atomic mass is 19.4. The normalized spacial score (nSPS) is 11.3. The van der Waals surface area contributed by atoms with Gasteiger partial charge in [0.05, 0.1) is 18.4 Å². The summed E-state index contributed by atoms with van der Waals surface area (Å²) in [4.78, 5) is 15.6. The molecule has 3 aromatic rings. The summed E-state index contributed by atoms with van der Waals surface area (Å²) in [6.45, 7) is 0. The Bertz CT molecular complexity index is 986. The standard InChI is InChI=1S/C20H14F3NO3/c1-27-14-9-5-8-13(10-14)15-11-16(20(21,22)23)24-18(17(15)19(25)26)12-6-3-2-4-7-12/h2-11H,1H3,(H,25,26). The van der Waals surface area contributed by atoms with Crippen LogP contribution in [0, 0.1) is 0 Å². The minimum Gasteiger partial charge on any atom is -0.497 e. The number of hydrogen-bond donors (Lipinski definition) is 1. The SMILES string of the molecule is COc1cccc(-c2cc(C(F)(F)F)nc(-c3ccccc3)c2C(=O)O)c1. The van der Waals surface area contributed by atoms with Crippen LogP contribution in [0.5, 0.6) is 5.75 Å². The Morgan fingerprint density at radius 3 is 2.26 bits per heavy atom. The number of alkyl halides is 3. The minimum absolute atomic E-state index is 0.0809. The van der Waals surface area contributed by atoms with Gasteiger partial charge in [-0.1, -0.05) is 42.5 Å². The van der Waals surface area contributed by atoms with Gasteiger partial charge in [-0.3, -0.25) is 0 Å². The second-order valence-electron chi connectivity index (χ2n) is 5.68. The van der Waals surface area contributed by atoms with E-state index in [9.17, 15) is 23.1 Å². The number of benzene rings is 2. The zero-order chi connectivity index (χ0) is 19.6. The van der Waals surface area contributed by atoms with Gasteiger partial charge in [-0.15, -0.1) is 0 Å². The lowest BCUT2D eigenvalue weighted by atomic mass is 9.94. The third-order valence-corrected chi connectivity index (χ3v) is 3.95. The molecule has 0 aliphatic heterocycles. The Labute approximate surface area is 152 Å². The molecule has 1 aromatic heterocycles. The van der Waals surface area contributed by atoms with Crippen molar-refractivity contribution in [2.75, 3.05) is 7.11 Å². The van der Waals surface area contributed by atoms with Gasteiger partial charge in [0, 0.05) is 11.1 Å². The molecule has 0 amide bonds. The first-order valence-corrected chi connectivity index (χ1v) is 7.86. The van der Waals surface area contributed by atoms with Crippen molar-refractivity contribution in [3.63, 3.8) is 0 Å². The van der Waals surface area contributed by atoms with Gasteiger partial charge >= 0.3 is 12.1 Å². The highest BCUT2D eigenvalue weighted by molar-refractivity contribution is 6.02. The molecule has 0 radical (unpaired) electrons. The first-order valence-electron chi connectivity index (χ1n) is 7.86. The van der Waals surface area contributed by atoms with Crippen LogP contribution in [0.4, 0.5) is 13.2 Å². The van der Waals surface area contributed by atoms with Crippen molar-refractivity contribution in [3.05, 3.63) is 71.9 Å². The summed E-state index contributed by atoms with van der Waals surface area (Å²) in [6, 6.07) is 14.9. The maximum absolute atomic E-state index is 13.4. The molecule has 1 heterocycles. The van der Waals surface area contributed by atoms with Crippen LogP contribution in [0.15, 0.2) is 60.7 Å². The van der Waals surface area contributed by atoms with Crippen LogP contribution in [0.25, 0.3) is 22.4 Å². The second-order valence-corrected chi connectivity index (χ2v) is 5.68. The van der Waals surface area contributed by atoms with Crippen molar-refractivity contribution in [3.8, 4) is 28.1 Å². The van der Waals surface area contributed by atoms with E-state index >= 15 is 0 Å². The third kappa shape index (κ3) is 3.76. The van der Waals surface area contributed by atoms with Gasteiger partial charge in [0.2, 0.25) is 0 Å². The number of aromatic nitrogens is 1. The monoisotopic (exact) mass is 373 g/mol. The van der Waals surface area contributed by atoms with Crippen molar-refractivity contribution >= 4 is 5.97 Å². The van der Waals surface area contributed by atoms with E-state index in [0.29, 0.717) is 5.75 Å². The summed E-state index contributed by atoms with van der Waals surface area (Å²) in [6.07, 6.45) is -4.73. The number of nitrogens with zero attached hydrogens (tertiary/aromatic N) is 1.